The minimum absolute atomic E-state index is 0.108. The summed E-state index contributed by atoms with van der Waals surface area (Å²) in [4.78, 5) is 14.2. The quantitative estimate of drug-likeness (QED) is 0.820. The largest absolute Gasteiger partial charge is 0.317 e. The highest BCUT2D eigenvalue weighted by atomic mass is 16.2. The van der Waals surface area contributed by atoms with E-state index in [1.807, 2.05) is 31.0 Å². The summed E-state index contributed by atoms with van der Waals surface area (Å²) in [7, 11) is 4.04. The summed E-state index contributed by atoms with van der Waals surface area (Å²) >= 11 is 0. The Morgan fingerprint density at radius 1 is 1.53 bits per heavy atom. The highest BCUT2D eigenvalue weighted by Crippen LogP contribution is 2.28. The van der Waals surface area contributed by atoms with E-state index in [1.165, 1.54) is 0 Å². The van der Waals surface area contributed by atoms with Crippen molar-refractivity contribution in [1.82, 2.24) is 14.7 Å². The first-order valence-corrected chi connectivity index (χ1v) is 6.78. The summed E-state index contributed by atoms with van der Waals surface area (Å²) in [6.07, 6.45) is 5.46. The Hall–Kier alpha value is -1.40. The number of carbonyl (C=O) groups is 1. The summed E-state index contributed by atoms with van der Waals surface area (Å²) in [6.45, 7) is 1.71. The molecule has 0 saturated heterocycles. The van der Waals surface area contributed by atoms with E-state index in [-0.39, 0.29) is 5.91 Å². The van der Waals surface area contributed by atoms with Crippen LogP contribution in [-0.4, -0.2) is 46.8 Å². The van der Waals surface area contributed by atoms with Crippen molar-refractivity contribution in [1.29, 1.82) is 0 Å². The lowest BCUT2D eigenvalue weighted by Crippen LogP contribution is -2.48. The first-order valence-electron chi connectivity index (χ1n) is 6.78. The number of anilines is 1. The molecule has 1 aliphatic rings. The van der Waals surface area contributed by atoms with Crippen molar-refractivity contribution in [2.24, 2.45) is 5.73 Å². The molecular formula is C13H23N5O. The molecule has 0 aromatic carbocycles. The summed E-state index contributed by atoms with van der Waals surface area (Å²) in [5, 5.41) is 7.15. The fraction of sp³-hybridized carbons (Fsp3) is 0.692. The number of carbonyl (C=O) groups excluding carboxylic acids is 1. The normalized spacial score (nSPS) is 17.9. The van der Waals surface area contributed by atoms with Crippen LogP contribution in [0.25, 0.3) is 0 Å². The zero-order valence-electron chi connectivity index (χ0n) is 11.7. The molecule has 0 unspecified atom stereocenters. The molecule has 0 aliphatic heterocycles. The van der Waals surface area contributed by atoms with E-state index >= 15 is 0 Å². The highest BCUT2D eigenvalue weighted by Gasteiger charge is 2.37. The molecule has 1 saturated carbocycles. The maximum absolute atomic E-state index is 12.1. The van der Waals surface area contributed by atoms with Gasteiger partial charge in [-0.15, -0.1) is 0 Å². The van der Waals surface area contributed by atoms with Gasteiger partial charge in [-0.25, -0.2) is 0 Å². The number of rotatable bonds is 5. The van der Waals surface area contributed by atoms with E-state index in [2.05, 4.69) is 15.3 Å². The molecule has 6 nitrogen and oxygen atoms in total. The van der Waals surface area contributed by atoms with Gasteiger partial charge in [-0.05, 0) is 26.9 Å². The number of likely N-dealkylation sites (N-methyl/N-ethyl adjacent to an activating group) is 1. The molecule has 1 heterocycles. The van der Waals surface area contributed by atoms with Crippen molar-refractivity contribution in [3.05, 3.63) is 12.3 Å². The van der Waals surface area contributed by atoms with E-state index in [1.54, 1.807) is 0 Å². The lowest BCUT2D eigenvalue weighted by Gasteiger charge is -2.21. The van der Waals surface area contributed by atoms with Crippen LogP contribution in [0.4, 0.5) is 5.82 Å². The maximum atomic E-state index is 12.1. The van der Waals surface area contributed by atoms with E-state index in [9.17, 15) is 4.79 Å². The summed E-state index contributed by atoms with van der Waals surface area (Å²) in [5.41, 5.74) is 5.40. The molecule has 1 aliphatic carbocycles. The van der Waals surface area contributed by atoms with Gasteiger partial charge in [0.1, 0.15) is 0 Å². The molecule has 2 rings (SSSR count). The van der Waals surface area contributed by atoms with Crippen LogP contribution in [0, 0.1) is 0 Å². The second-order valence-electron chi connectivity index (χ2n) is 5.58. The van der Waals surface area contributed by atoms with E-state index in [4.69, 9.17) is 5.73 Å². The average molecular weight is 265 g/mol. The van der Waals surface area contributed by atoms with Crippen LogP contribution in [-0.2, 0) is 11.3 Å². The van der Waals surface area contributed by atoms with Crippen LogP contribution in [0.5, 0.6) is 0 Å². The minimum atomic E-state index is -0.701. The van der Waals surface area contributed by atoms with Crippen molar-refractivity contribution >= 4 is 11.7 Å². The van der Waals surface area contributed by atoms with Crippen LogP contribution in [0.1, 0.15) is 25.7 Å². The standard InChI is InChI=1S/C13H23N5O/c1-17(2)9-10-18-8-5-11(16-18)15-12(19)13(14)6-3-4-7-13/h5,8H,3-4,6-7,9-10,14H2,1-2H3,(H,15,16,19). The monoisotopic (exact) mass is 265 g/mol. The molecule has 1 aromatic rings. The molecule has 0 bridgehead atoms. The van der Waals surface area contributed by atoms with Crippen molar-refractivity contribution < 1.29 is 4.79 Å². The number of nitrogens with one attached hydrogen (secondary N) is 1. The van der Waals surface area contributed by atoms with Crippen LogP contribution >= 0.6 is 0 Å². The molecule has 3 N–H and O–H groups in total. The predicted molar refractivity (Wildman–Crippen MR) is 74.8 cm³/mol. The molecule has 6 heteroatoms. The van der Waals surface area contributed by atoms with Gasteiger partial charge in [-0.1, -0.05) is 12.8 Å². The second-order valence-corrected chi connectivity index (χ2v) is 5.58. The van der Waals surface area contributed by atoms with Crippen molar-refractivity contribution in [3.63, 3.8) is 0 Å². The van der Waals surface area contributed by atoms with Crippen LogP contribution < -0.4 is 11.1 Å². The molecule has 1 amide bonds. The second kappa shape index (κ2) is 5.71. The van der Waals surface area contributed by atoms with Gasteiger partial charge >= 0.3 is 0 Å². The maximum Gasteiger partial charge on any atom is 0.245 e. The van der Waals surface area contributed by atoms with E-state index < -0.39 is 5.54 Å². The highest BCUT2D eigenvalue weighted by molar-refractivity contribution is 5.97. The van der Waals surface area contributed by atoms with E-state index in [0.717, 1.165) is 38.8 Å². The number of nitrogens with zero attached hydrogens (tertiary/aromatic N) is 3. The SMILES string of the molecule is CN(C)CCn1ccc(NC(=O)C2(N)CCCC2)n1. The minimum Gasteiger partial charge on any atom is -0.317 e. The van der Waals surface area contributed by atoms with Gasteiger partial charge in [0.25, 0.3) is 0 Å². The van der Waals surface area contributed by atoms with Gasteiger partial charge in [-0.3, -0.25) is 9.48 Å². The first kappa shape index (κ1) is 14.0. The summed E-state index contributed by atoms with van der Waals surface area (Å²) < 4.78 is 1.83. The molecule has 0 spiro atoms. The third-order valence-corrected chi connectivity index (χ3v) is 3.61. The summed E-state index contributed by atoms with van der Waals surface area (Å²) in [5.74, 6) is 0.475. The molecule has 106 valence electrons. The van der Waals surface area contributed by atoms with Crippen LogP contribution in [0.15, 0.2) is 12.3 Å². The number of amides is 1. The molecule has 19 heavy (non-hydrogen) atoms. The Morgan fingerprint density at radius 2 is 2.21 bits per heavy atom. The lowest BCUT2D eigenvalue weighted by atomic mass is 9.98. The van der Waals surface area contributed by atoms with Gasteiger partial charge in [0.05, 0.1) is 12.1 Å². The Morgan fingerprint density at radius 3 is 2.84 bits per heavy atom. The average Bonchev–Trinajstić information content (AvgIpc) is 2.97. The topological polar surface area (TPSA) is 76.2 Å². The van der Waals surface area contributed by atoms with Gasteiger partial charge in [0, 0.05) is 18.8 Å². The third kappa shape index (κ3) is 3.54. The molecule has 0 atom stereocenters. The summed E-state index contributed by atoms with van der Waals surface area (Å²) in [6, 6.07) is 1.81. The van der Waals surface area contributed by atoms with Gasteiger partial charge < -0.3 is 16.0 Å². The molecule has 0 radical (unpaired) electrons. The molecule has 1 aromatic heterocycles. The van der Waals surface area contributed by atoms with Crippen LogP contribution in [0.2, 0.25) is 0 Å². The Balaban J connectivity index is 1.90. The van der Waals surface area contributed by atoms with Crippen molar-refractivity contribution in [2.75, 3.05) is 26.0 Å². The fourth-order valence-corrected chi connectivity index (χ4v) is 2.33. The van der Waals surface area contributed by atoms with Gasteiger partial charge in [0.15, 0.2) is 5.82 Å². The number of nitrogens with two attached hydrogens (primary N) is 1. The van der Waals surface area contributed by atoms with E-state index in [0.29, 0.717) is 5.82 Å². The predicted octanol–water partition coefficient (Wildman–Crippen LogP) is 0.655. The van der Waals surface area contributed by atoms with Crippen molar-refractivity contribution in [3.8, 4) is 0 Å². The Kier molecular flexibility index (Phi) is 4.21. The smallest absolute Gasteiger partial charge is 0.245 e. The fourth-order valence-electron chi connectivity index (χ4n) is 2.33. The van der Waals surface area contributed by atoms with Gasteiger partial charge in [-0.2, -0.15) is 5.10 Å². The Labute approximate surface area is 113 Å². The zero-order chi connectivity index (χ0) is 13.9. The van der Waals surface area contributed by atoms with Crippen LogP contribution in [0.3, 0.4) is 0 Å². The number of aromatic nitrogens is 2. The first-order chi connectivity index (χ1) is 8.99. The number of hydrogen-bond donors (Lipinski definition) is 2. The third-order valence-electron chi connectivity index (χ3n) is 3.61. The Bertz CT molecular complexity index is 434. The lowest BCUT2D eigenvalue weighted by molar-refractivity contribution is -0.121. The number of hydrogen-bond acceptors (Lipinski definition) is 4. The molecule has 1 fully saturated rings. The van der Waals surface area contributed by atoms with Crippen molar-refractivity contribution in [2.45, 2.75) is 37.8 Å². The zero-order valence-corrected chi connectivity index (χ0v) is 11.7. The molecular weight excluding hydrogens is 242 g/mol. The van der Waals surface area contributed by atoms with Gasteiger partial charge in [0.2, 0.25) is 5.91 Å².